The third kappa shape index (κ3) is 5.75. The van der Waals surface area contributed by atoms with Crippen molar-refractivity contribution in [2.45, 2.75) is 13.3 Å². The van der Waals surface area contributed by atoms with Gasteiger partial charge in [-0.25, -0.2) is 0 Å². The van der Waals surface area contributed by atoms with E-state index in [1.165, 1.54) is 6.92 Å². The van der Waals surface area contributed by atoms with Crippen molar-refractivity contribution in [2.75, 3.05) is 0 Å². The minimum absolute atomic E-state index is 0. The summed E-state index contributed by atoms with van der Waals surface area (Å²) in [6.45, 7) is -4.20. The van der Waals surface area contributed by atoms with Crippen LogP contribution in [0.5, 0.6) is 5.75 Å². The summed E-state index contributed by atoms with van der Waals surface area (Å²) in [5.74, 6) is 1.38. The maximum absolute atomic E-state index is 12.8. The zero-order chi connectivity index (χ0) is 14.8. The van der Waals surface area contributed by atoms with Gasteiger partial charge in [-0.3, -0.25) is 0 Å². The predicted molar refractivity (Wildman–Crippen MR) is 63.1 cm³/mol. The molecule has 0 saturated carbocycles. The van der Waals surface area contributed by atoms with E-state index in [2.05, 4.69) is 10.1 Å². The van der Waals surface area contributed by atoms with E-state index >= 15 is 0 Å². The molecular weight excluding hydrogens is 326 g/mol. The van der Waals surface area contributed by atoms with Gasteiger partial charge in [0.15, 0.2) is 0 Å². The molecule has 0 aromatic heterocycles. The molecule has 0 atom stereocenters. The second kappa shape index (κ2) is 7.29. The molecule has 10 heteroatoms. The van der Waals surface area contributed by atoms with Crippen LogP contribution in [0.2, 0.25) is 0 Å². The molecule has 0 aliphatic carbocycles. The smallest absolute Gasteiger partial charge is 0.445 e. The van der Waals surface area contributed by atoms with Crippen LogP contribution in [0, 0.1) is 19.3 Å². The first-order chi connectivity index (χ1) is 8.54. The monoisotopic (exact) mass is 334 g/mol. The van der Waals surface area contributed by atoms with E-state index < -0.39 is 28.7 Å². The van der Waals surface area contributed by atoms with Gasteiger partial charge < -0.3 is 17.1 Å². The van der Waals surface area contributed by atoms with E-state index in [1.54, 1.807) is 0 Å². The van der Waals surface area contributed by atoms with Crippen molar-refractivity contribution in [3.63, 3.8) is 0 Å². The number of rotatable bonds is 4. The standard InChI is InChI=1S/C10H8BF4O3S.K/c1-3-4-8-5-9(18-19(15,16)17)6-10(7(8)2)11(12,13)14;/h1,5-6H,4H2,2H3;/q-1;+1. The van der Waals surface area contributed by atoms with E-state index in [-0.39, 0.29) is 68.9 Å². The number of halogens is 4. The average molecular weight is 334 g/mol. The molecule has 0 bridgehead atoms. The molecule has 104 valence electrons. The van der Waals surface area contributed by atoms with Gasteiger partial charge in [0.2, 0.25) is 0 Å². The number of benzene rings is 1. The third-order valence-electron chi connectivity index (χ3n) is 2.37. The Kier molecular flexibility index (Phi) is 7.27. The van der Waals surface area contributed by atoms with E-state index in [0.717, 1.165) is 6.07 Å². The normalized spacial score (nSPS) is 11.4. The Balaban J connectivity index is 0.00000361. The largest absolute Gasteiger partial charge is 1.00 e. The summed E-state index contributed by atoms with van der Waals surface area (Å²) in [4.78, 5) is 0. The molecule has 1 aromatic rings. The van der Waals surface area contributed by atoms with Gasteiger partial charge in [0.1, 0.15) is 5.75 Å². The minimum Gasteiger partial charge on any atom is -0.445 e. The Bertz CT molecular complexity index is 637. The first kappa shape index (κ1) is 20.0. The summed E-state index contributed by atoms with van der Waals surface area (Å²) in [5.41, 5.74) is -1.14. The van der Waals surface area contributed by atoms with Crippen molar-refractivity contribution in [3.8, 4) is 18.1 Å². The minimum atomic E-state index is -5.40. The Morgan fingerprint density at radius 1 is 1.35 bits per heavy atom. The zero-order valence-corrected chi connectivity index (χ0v) is 14.6. The van der Waals surface area contributed by atoms with Crippen molar-refractivity contribution in [1.29, 1.82) is 0 Å². The quantitative estimate of drug-likeness (QED) is 0.301. The fourth-order valence-corrected chi connectivity index (χ4v) is 1.89. The maximum Gasteiger partial charge on any atom is 1.00 e. The zero-order valence-electron chi connectivity index (χ0n) is 10.7. The molecule has 0 aliphatic rings. The number of hydrogen-bond donors (Lipinski definition) is 0. The van der Waals surface area contributed by atoms with Crippen LogP contribution >= 0.6 is 0 Å². The summed E-state index contributed by atoms with van der Waals surface area (Å²) in [6, 6.07) is 1.41. The van der Waals surface area contributed by atoms with Crippen LogP contribution in [0.4, 0.5) is 16.8 Å². The van der Waals surface area contributed by atoms with Gasteiger partial charge in [-0.2, -0.15) is 8.42 Å². The third-order valence-corrected chi connectivity index (χ3v) is 2.76. The van der Waals surface area contributed by atoms with Crippen LogP contribution in [-0.4, -0.2) is 15.4 Å². The van der Waals surface area contributed by atoms with Crippen LogP contribution in [0.15, 0.2) is 12.1 Å². The van der Waals surface area contributed by atoms with Crippen LogP contribution in [-0.2, 0) is 16.9 Å². The second-order valence-corrected chi connectivity index (χ2v) is 4.68. The van der Waals surface area contributed by atoms with E-state index in [4.69, 9.17) is 6.42 Å². The van der Waals surface area contributed by atoms with E-state index in [0.29, 0.717) is 6.07 Å². The van der Waals surface area contributed by atoms with Gasteiger partial charge in [-0.05, 0) is 24.6 Å². The van der Waals surface area contributed by atoms with E-state index in [1.807, 2.05) is 0 Å². The summed E-state index contributed by atoms with van der Waals surface area (Å²) < 4.78 is 75.2. The van der Waals surface area contributed by atoms with Gasteiger partial charge in [-0.15, -0.1) is 17.8 Å². The molecule has 20 heavy (non-hydrogen) atoms. The van der Waals surface area contributed by atoms with Crippen LogP contribution in [0.1, 0.15) is 11.1 Å². The maximum atomic E-state index is 12.8. The molecule has 3 nitrogen and oxygen atoms in total. The topological polar surface area (TPSA) is 43.4 Å². The summed E-state index contributed by atoms with van der Waals surface area (Å²) >= 11 is 0. The second-order valence-electron chi connectivity index (χ2n) is 3.73. The molecule has 0 heterocycles. The molecule has 0 saturated heterocycles. The van der Waals surface area contributed by atoms with Crippen molar-refractivity contribution >= 4 is 22.9 Å². The summed E-state index contributed by atoms with van der Waals surface area (Å²) in [6.07, 6.45) is 4.85. The molecule has 0 spiro atoms. The van der Waals surface area contributed by atoms with Gasteiger partial charge in [0.25, 0.3) is 0 Å². The fourth-order valence-electron chi connectivity index (χ4n) is 1.57. The average Bonchev–Trinajstić information content (AvgIpc) is 2.19. The van der Waals surface area contributed by atoms with Gasteiger partial charge in [0, 0.05) is 6.42 Å². The molecule has 0 N–H and O–H groups in total. The van der Waals surface area contributed by atoms with Gasteiger partial charge >= 0.3 is 68.9 Å². The van der Waals surface area contributed by atoms with Crippen LogP contribution in [0.25, 0.3) is 0 Å². The summed E-state index contributed by atoms with van der Waals surface area (Å²) in [7, 11) is -5.40. The Morgan fingerprint density at radius 3 is 2.30 bits per heavy atom. The molecule has 0 amide bonds. The summed E-state index contributed by atoms with van der Waals surface area (Å²) in [5, 5.41) is 0. The SMILES string of the molecule is C#CCc1cc(OS(=O)(=O)F)cc([B-](F)(F)F)c1C.[K+]. The number of hydrogen-bond acceptors (Lipinski definition) is 3. The van der Waals surface area contributed by atoms with Crippen LogP contribution < -0.4 is 61.0 Å². The van der Waals surface area contributed by atoms with Gasteiger partial charge in [-0.1, -0.05) is 9.45 Å². The molecule has 0 aliphatic heterocycles. The van der Waals surface area contributed by atoms with Crippen molar-refractivity contribution < 1.29 is 80.8 Å². The van der Waals surface area contributed by atoms with Crippen molar-refractivity contribution in [2.24, 2.45) is 0 Å². The Labute approximate surface area is 157 Å². The Hall–Kier alpha value is -0.0487. The van der Waals surface area contributed by atoms with Crippen molar-refractivity contribution in [1.82, 2.24) is 0 Å². The molecule has 0 unspecified atom stereocenters. The Morgan fingerprint density at radius 2 is 1.90 bits per heavy atom. The first-order valence-corrected chi connectivity index (χ1v) is 6.26. The molecular formula is C10H8BF4KO3S. The predicted octanol–water partition coefficient (Wildman–Crippen LogP) is -1.18. The molecule has 0 radical (unpaired) electrons. The van der Waals surface area contributed by atoms with Gasteiger partial charge in [0.05, 0.1) is 0 Å². The first-order valence-electron chi connectivity index (χ1n) is 4.95. The molecule has 1 rings (SSSR count). The van der Waals surface area contributed by atoms with Crippen LogP contribution in [0.3, 0.4) is 0 Å². The van der Waals surface area contributed by atoms with Crippen molar-refractivity contribution in [3.05, 3.63) is 23.3 Å². The number of terminal acetylenes is 1. The fraction of sp³-hybridized carbons (Fsp3) is 0.200. The molecule has 0 fully saturated rings. The molecule has 1 aromatic carbocycles. The van der Waals surface area contributed by atoms with E-state index in [9.17, 15) is 25.3 Å².